The molecule has 11 heteroatoms. The van der Waals surface area contributed by atoms with Gasteiger partial charge in [0.1, 0.15) is 0 Å². The number of carbonyl (C=O) groups excluding carboxylic acids is 1. The second kappa shape index (κ2) is 12.0. The number of carbonyl (C=O) groups is 1. The van der Waals surface area contributed by atoms with Crippen molar-refractivity contribution >= 4 is 58.2 Å². The Bertz CT molecular complexity index is 1190. The molecule has 0 bridgehead atoms. The predicted octanol–water partition coefficient (Wildman–Crippen LogP) is 5.46. The third kappa shape index (κ3) is 7.04. The van der Waals surface area contributed by atoms with Gasteiger partial charge in [0.25, 0.3) is 14.7 Å². The molecule has 1 amide bonds. The molecule has 1 fully saturated rings. The first-order valence-corrected chi connectivity index (χ1v) is 13.1. The smallest absolute Gasteiger partial charge is 0.276 e. The van der Waals surface area contributed by atoms with E-state index in [-0.39, 0.29) is 18.8 Å². The lowest BCUT2D eigenvalue weighted by atomic mass is 10.0. The van der Waals surface area contributed by atoms with Gasteiger partial charge in [0.05, 0.1) is 18.8 Å². The number of nitrogens with zero attached hydrogens (tertiary/aromatic N) is 1. The lowest BCUT2D eigenvalue weighted by molar-refractivity contribution is -0.645. The lowest BCUT2D eigenvalue weighted by Gasteiger charge is -2.36. The topological polar surface area (TPSA) is 94.7 Å². The van der Waals surface area contributed by atoms with Gasteiger partial charge < -0.3 is 25.1 Å². The molecule has 36 heavy (non-hydrogen) atoms. The summed E-state index contributed by atoms with van der Waals surface area (Å²) in [7, 11) is 0. The number of pyridine rings is 1. The summed E-state index contributed by atoms with van der Waals surface area (Å²) in [5.74, 6) is -0.249. The van der Waals surface area contributed by atoms with Crippen molar-refractivity contribution in [2.75, 3.05) is 11.1 Å². The molecule has 2 aromatic carbocycles. The molecule has 3 aromatic rings. The van der Waals surface area contributed by atoms with Gasteiger partial charge in [-0.1, -0.05) is 83.0 Å². The number of anilines is 1. The van der Waals surface area contributed by atoms with Crippen LogP contribution in [0.1, 0.15) is 35.5 Å². The number of rotatable bonds is 7. The molecule has 190 valence electrons. The van der Waals surface area contributed by atoms with Crippen molar-refractivity contribution in [2.45, 2.75) is 40.3 Å². The molecule has 0 saturated carbocycles. The van der Waals surface area contributed by atoms with Crippen LogP contribution < -0.4 is 10.0 Å². The fraction of sp³-hybridized carbons (Fsp3) is 0.280. The average molecular weight is 570 g/mol. The molecule has 1 saturated heterocycles. The number of ether oxygens (including phenoxy) is 2. The number of alkyl halides is 3. The number of nitrogens with one attached hydrogen (secondary N) is 1. The quantitative estimate of drug-likeness (QED) is 0.170. The summed E-state index contributed by atoms with van der Waals surface area (Å²) in [5, 5.41) is 24.6. The number of hydrogen-bond donors (Lipinski definition) is 2. The molecule has 4 rings (SSSR count). The van der Waals surface area contributed by atoms with Gasteiger partial charge in [-0.05, 0) is 29.3 Å². The largest absolute Gasteiger partial charge is 0.618 e. The zero-order chi connectivity index (χ0) is 25.7. The zero-order valence-electron chi connectivity index (χ0n) is 18.9. The van der Waals surface area contributed by atoms with Crippen molar-refractivity contribution in [2.24, 2.45) is 0 Å². The maximum atomic E-state index is 12.1. The first-order valence-electron chi connectivity index (χ1n) is 11.0. The Morgan fingerprint density at radius 2 is 1.86 bits per heavy atom. The maximum Gasteiger partial charge on any atom is 0.276 e. The SMILES string of the molecule is O=C(Nc1cccc(C2OC(CSc3cccc[n+]3[O-])CC(c3ccc(CO)cc3)O2)c1)C(Cl)(Cl)Cl. The summed E-state index contributed by atoms with van der Waals surface area (Å²) in [6, 6.07) is 19.7. The number of aliphatic hydroxyl groups is 1. The minimum Gasteiger partial charge on any atom is -0.618 e. The van der Waals surface area contributed by atoms with Gasteiger partial charge in [0, 0.05) is 35.6 Å². The van der Waals surface area contributed by atoms with Crippen LogP contribution in [0.2, 0.25) is 0 Å². The highest BCUT2D eigenvalue weighted by Gasteiger charge is 2.34. The number of aliphatic hydroxyl groups excluding tert-OH is 1. The number of halogens is 3. The molecular formula is C25H23Cl3N2O5S. The van der Waals surface area contributed by atoms with E-state index in [1.165, 1.54) is 18.0 Å². The van der Waals surface area contributed by atoms with Crippen LogP contribution >= 0.6 is 46.6 Å². The highest BCUT2D eigenvalue weighted by molar-refractivity contribution is 7.99. The van der Waals surface area contributed by atoms with E-state index in [0.29, 0.717) is 28.5 Å². The Morgan fingerprint density at radius 3 is 2.56 bits per heavy atom. The minimum absolute atomic E-state index is 0.0459. The van der Waals surface area contributed by atoms with Crippen LogP contribution in [0, 0.1) is 5.21 Å². The van der Waals surface area contributed by atoms with E-state index < -0.39 is 16.0 Å². The minimum atomic E-state index is -2.10. The molecule has 3 unspecified atom stereocenters. The summed E-state index contributed by atoms with van der Waals surface area (Å²) >= 11 is 18.4. The summed E-state index contributed by atoms with van der Waals surface area (Å²) < 4.78 is 11.3. The molecule has 0 radical (unpaired) electrons. The predicted molar refractivity (Wildman–Crippen MR) is 140 cm³/mol. The molecule has 1 aliphatic heterocycles. The average Bonchev–Trinajstić information content (AvgIpc) is 2.88. The number of hydrogen-bond acceptors (Lipinski definition) is 6. The van der Waals surface area contributed by atoms with E-state index in [2.05, 4.69) is 5.32 Å². The van der Waals surface area contributed by atoms with Crippen molar-refractivity contribution in [3.63, 3.8) is 0 Å². The Labute approximate surface area is 227 Å². The summed E-state index contributed by atoms with van der Waals surface area (Å²) in [6.45, 7) is -0.0459. The molecule has 2 heterocycles. The maximum absolute atomic E-state index is 12.1. The van der Waals surface area contributed by atoms with Crippen LogP contribution in [0.25, 0.3) is 0 Å². The normalized spacial score (nSPS) is 20.2. The molecule has 2 N–H and O–H groups in total. The first-order chi connectivity index (χ1) is 17.2. The van der Waals surface area contributed by atoms with E-state index in [0.717, 1.165) is 15.9 Å². The van der Waals surface area contributed by atoms with Gasteiger partial charge in [0.15, 0.2) is 12.5 Å². The molecule has 1 aromatic heterocycles. The van der Waals surface area contributed by atoms with Gasteiger partial charge >= 0.3 is 0 Å². The number of amides is 1. The first kappa shape index (κ1) is 27.0. The van der Waals surface area contributed by atoms with E-state index in [1.807, 2.05) is 36.4 Å². The van der Waals surface area contributed by atoms with Gasteiger partial charge in [-0.3, -0.25) is 4.79 Å². The van der Waals surface area contributed by atoms with E-state index in [9.17, 15) is 15.1 Å². The van der Waals surface area contributed by atoms with Crippen molar-refractivity contribution in [3.05, 3.63) is 94.8 Å². The van der Waals surface area contributed by atoms with Crippen LogP contribution in [0.5, 0.6) is 0 Å². The van der Waals surface area contributed by atoms with E-state index in [1.54, 1.807) is 30.3 Å². The molecule has 7 nitrogen and oxygen atoms in total. The van der Waals surface area contributed by atoms with Gasteiger partial charge in [0.2, 0.25) is 0 Å². The number of thioether (sulfide) groups is 1. The van der Waals surface area contributed by atoms with Crippen LogP contribution in [0.15, 0.2) is 78.0 Å². The standard InChI is InChI=1S/C25H23Cl3N2O5S/c26-25(27,28)24(32)29-19-5-3-4-18(12-19)23-34-20(15-36-22-6-1-2-11-30(22)33)13-21(35-23)17-9-7-16(14-31)8-10-17/h1-12,20-21,23,31H,13-15H2,(H,29,32). The Hall–Kier alpha value is -2.04. The molecule has 0 aliphatic carbocycles. The molecule has 1 aliphatic rings. The second-order valence-corrected chi connectivity index (χ2v) is 11.4. The van der Waals surface area contributed by atoms with E-state index >= 15 is 0 Å². The van der Waals surface area contributed by atoms with E-state index in [4.69, 9.17) is 44.3 Å². The van der Waals surface area contributed by atoms with Crippen molar-refractivity contribution in [1.82, 2.24) is 0 Å². The van der Waals surface area contributed by atoms with Crippen molar-refractivity contribution < 1.29 is 24.1 Å². The summed E-state index contributed by atoms with van der Waals surface area (Å²) in [4.78, 5) is 12.1. The Kier molecular flexibility index (Phi) is 9.00. The third-order valence-corrected chi connectivity index (χ3v) is 7.16. The fourth-order valence-corrected chi connectivity index (χ4v) is 4.77. The monoisotopic (exact) mass is 568 g/mol. The van der Waals surface area contributed by atoms with Crippen LogP contribution in [-0.2, 0) is 20.9 Å². The highest BCUT2D eigenvalue weighted by Crippen LogP contribution is 2.40. The van der Waals surface area contributed by atoms with Gasteiger partial charge in [-0.25, -0.2) is 0 Å². The Balaban J connectivity index is 1.56. The summed E-state index contributed by atoms with van der Waals surface area (Å²) in [5.41, 5.74) is 2.83. The third-order valence-electron chi connectivity index (χ3n) is 5.49. The highest BCUT2D eigenvalue weighted by atomic mass is 35.6. The number of aromatic nitrogens is 1. The molecule has 0 spiro atoms. The van der Waals surface area contributed by atoms with Crippen LogP contribution in [0.3, 0.4) is 0 Å². The van der Waals surface area contributed by atoms with Crippen LogP contribution in [0.4, 0.5) is 5.69 Å². The second-order valence-electron chi connectivity index (χ2n) is 8.10. The lowest BCUT2D eigenvalue weighted by Crippen LogP contribution is -2.33. The molecular weight excluding hydrogens is 547 g/mol. The van der Waals surface area contributed by atoms with Crippen LogP contribution in [-0.4, -0.2) is 26.7 Å². The number of benzene rings is 2. The van der Waals surface area contributed by atoms with Crippen molar-refractivity contribution in [1.29, 1.82) is 0 Å². The van der Waals surface area contributed by atoms with Gasteiger partial charge in [-0.15, -0.1) is 0 Å². The summed E-state index contributed by atoms with van der Waals surface area (Å²) in [6.07, 6.45) is 0.745. The fourth-order valence-electron chi connectivity index (χ4n) is 3.69. The van der Waals surface area contributed by atoms with Gasteiger partial charge in [-0.2, -0.15) is 4.73 Å². The zero-order valence-corrected chi connectivity index (χ0v) is 21.9. The Morgan fingerprint density at radius 1 is 1.08 bits per heavy atom. The van der Waals surface area contributed by atoms with Crippen molar-refractivity contribution in [3.8, 4) is 0 Å². The molecule has 3 atom stereocenters.